The third-order valence-electron chi connectivity index (χ3n) is 2.61. The van der Waals surface area contributed by atoms with Crippen molar-refractivity contribution in [3.05, 3.63) is 36.4 Å². The fraction of sp³-hybridized carbons (Fsp3) is 0.333. The standard InChI is InChI=1S/C12H14FN5O2/c1-17(12(19)8-18-9-14-15-16-18)5-6-20-11-4-2-3-10(13)7-11/h2-4,7,9H,5-6,8H2,1H3. The summed E-state index contributed by atoms with van der Waals surface area (Å²) < 4.78 is 19.6. The molecule has 0 bridgehead atoms. The maximum absolute atomic E-state index is 12.9. The summed E-state index contributed by atoms with van der Waals surface area (Å²) in [5.74, 6) is -0.0583. The Bertz CT molecular complexity index is 561. The number of amides is 1. The number of halogens is 1. The molecule has 0 saturated carbocycles. The van der Waals surface area contributed by atoms with Gasteiger partial charge in [-0.2, -0.15) is 0 Å². The van der Waals surface area contributed by atoms with Crippen LogP contribution in [0.2, 0.25) is 0 Å². The zero-order valence-corrected chi connectivity index (χ0v) is 10.9. The van der Waals surface area contributed by atoms with E-state index in [1.54, 1.807) is 19.2 Å². The van der Waals surface area contributed by atoms with Gasteiger partial charge in [-0.1, -0.05) is 6.07 Å². The van der Waals surface area contributed by atoms with Crippen LogP contribution in [0, 0.1) is 5.82 Å². The Morgan fingerprint density at radius 1 is 1.50 bits per heavy atom. The molecule has 1 aromatic heterocycles. The van der Waals surface area contributed by atoms with Crippen LogP contribution in [0.4, 0.5) is 4.39 Å². The first-order chi connectivity index (χ1) is 9.65. The Balaban J connectivity index is 1.74. The van der Waals surface area contributed by atoms with Crippen molar-refractivity contribution < 1.29 is 13.9 Å². The summed E-state index contributed by atoms with van der Waals surface area (Å²) in [7, 11) is 1.65. The molecule has 106 valence electrons. The zero-order chi connectivity index (χ0) is 14.4. The second-order valence-electron chi connectivity index (χ2n) is 4.13. The Labute approximate surface area is 114 Å². The molecule has 0 spiro atoms. The average Bonchev–Trinajstić information content (AvgIpc) is 2.91. The molecule has 20 heavy (non-hydrogen) atoms. The van der Waals surface area contributed by atoms with Crippen LogP contribution in [-0.4, -0.2) is 51.2 Å². The number of ether oxygens (including phenoxy) is 1. The molecule has 2 rings (SSSR count). The van der Waals surface area contributed by atoms with E-state index in [9.17, 15) is 9.18 Å². The molecular formula is C12H14FN5O2. The first-order valence-corrected chi connectivity index (χ1v) is 5.98. The Hall–Kier alpha value is -2.51. The Morgan fingerprint density at radius 2 is 2.35 bits per heavy atom. The number of rotatable bonds is 6. The van der Waals surface area contributed by atoms with E-state index in [0.29, 0.717) is 12.3 Å². The van der Waals surface area contributed by atoms with Gasteiger partial charge in [0.15, 0.2) is 0 Å². The van der Waals surface area contributed by atoms with E-state index in [1.807, 2.05) is 0 Å². The lowest BCUT2D eigenvalue weighted by Gasteiger charge is -2.17. The third-order valence-corrected chi connectivity index (χ3v) is 2.61. The fourth-order valence-electron chi connectivity index (χ4n) is 1.49. The van der Waals surface area contributed by atoms with Crippen LogP contribution in [0.15, 0.2) is 30.6 Å². The number of aromatic nitrogens is 4. The largest absolute Gasteiger partial charge is 0.492 e. The highest BCUT2D eigenvalue weighted by Crippen LogP contribution is 2.11. The van der Waals surface area contributed by atoms with E-state index in [1.165, 1.54) is 28.0 Å². The molecule has 2 aromatic rings. The van der Waals surface area contributed by atoms with E-state index >= 15 is 0 Å². The van der Waals surface area contributed by atoms with Gasteiger partial charge in [0.25, 0.3) is 0 Å². The molecule has 8 heteroatoms. The summed E-state index contributed by atoms with van der Waals surface area (Å²) in [4.78, 5) is 13.3. The van der Waals surface area contributed by atoms with Gasteiger partial charge in [0.1, 0.15) is 31.0 Å². The van der Waals surface area contributed by atoms with Crippen molar-refractivity contribution in [1.29, 1.82) is 0 Å². The normalized spacial score (nSPS) is 10.3. The number of carbonyl (C=O) groups is 1. The van der Waals surface area contributed by atoms with Gasteiger partial charge in [-0.3, -0.25) is 4.79 Å². The summed E-state index contributed by atoms with van der Waals surface area (Å²) in [6.45, 7) is 0.738. The summed E-state index contributed by atoms with van der Waals surface area (Å²) in [5.41, 5.74) is 0. The predicted octanol–water partition coefficient (Wildman–Crippen LogP) is 0.350. The van der Waals surface area contributed by atoms with Crippen LogP contribution in [0.5, 0.6) is 5.75 Å². The van der Waals surface area contributed by atoms with E-state index in [-0.39, 0.29) is 24.9 Å². The maximum Gasteiger partial charge on any atom is 0.244 e. The lowest BCUT2D eigenvalue weighted by Crippen LogP contribution is -2.33. The number of carbonyl (C=O) groups excluding carboxylic acids is 1. The van der Waals surface area contributed by atoms with Gasteiger partial charge in [-0.15, -0.1) is 5.10 Å². The number of hydrogen-bond acceptors (Lipinski definition) is 5. The molecule has 1 amide bonds. The highest BCUT2D eigenvalue weighted by molar-refractivity contribution is 5.75. The number of hydrogen-bond donors (Lipinski definition) is 0. The van der Waals surface area contributed by atoms with Crippen molar-refractivity contribution >= 4 is 5.91 Å². The number of tetrazole rings is 1. The smallest absolute Gasteiger partial charge is 0.244 e. The first-order valence-electron chi connectivity index (χ1n) is 5.98. The Kier molecular flexibility index (Phi) is 4.59. The molecule has 7 nitrogen and oxygen atoms in total. The van der Waals surface area contributed by atoms with Crippen LogP contribution < -0.4 is 4.74 Å². The van der Waals surface area contributed by atoms with Gasteiger partial charge in [-0.25, -0.2) is 9.07 Å². The summed E-state index contributed by atoms with van der Waals surface area (Å²) in [6, 6.07) is 5.86. The molecule has 1 heterocycles. The van der Waals surface area contributed by atoms with Crippen LogP contribution in [0.3, 0.4) is 0 Å². The van der Waals surface area contributed by atoms with Gasteiger partial charge in [-0.05, 0) is 22.6 Å². The molecule has 0 aliphatic rings. The van der Waals surface area contributed by atoms with Gasteiger partial charge in [0.05, 0.1) is 6.54 Å². The van der Waals surface area contributed by atoms with Crippen LogP contribution in [-0.2, 0) is 11.3 Å². The number of likely N-dealkylation sites (N-methyl/N-ethyl adjacent to an activating group) is 1. The lowest BCUT2D eigenvalue weighted by molar-refractivity contribution is -0.131. The molecule has 0 N–H and O–H groups in total. The van der Waals surface area contributed by atoms with Crippen LogP contribution in [0.25, 0.3) is 0 Å². The molecular weight excluding hydrogens is 265 g/mol. The summed E-state index contributed by atoms with van der Waals surface area (Å²) >= 11 is 0. The minimum absolute atomic E-state index is 0.0729. The molecule has 0 unspecified atom stereocenters. The fourth-order valence-corrected chi connectivity index (χ4v) is 1.49. The highest BCUT2D eigenvalue weighted by Gasteiger charge is 2.10. The molecule has 0 radical (unpaired) electrons. The van der Waals surface area contributed by atoms with Crippen molar-refractivity contribution in [3.63, 3.8) is 0 Å². The molecule has 0 aliphatic heterocycles. The average molecular weight is 279 g/mol. The quantitative estimate of drug-likeness (QED) is 0.763. The third kappa shape index (κ3) is 4.01. The van der Waals surface area contributed by atoms with Gasteiger partial charge in [0.2, 0.25) is 5.91 Å². The Morgan fingerprint density at radius 3 is 3.05 bits per heavy atom. The maximum atomic E-state index is 12.9. The van der Waals surface area contributed by atoms with Gasteiger partial charge < -0.3 is 9.64 Å². The molecule has 0 saturated heterocycles. The summed E-state index contributed by atoms with van der Waals surface area (Å²) in [5, 5.41) is 10.5. The minimum Gasteiger partial charge on any atom is -0.492 e. The van der Waals surface area contributed by atoms with E-state index in [4.69, 9.17) is 4.74 Å². The second kappa shape index (κ2) is 6.60. The first kappa shape index (κ1) is 13.9. The van der Waals surface area contributed by atoms with Crippen molar-refractivity contribution in [3.8, 4) is 5.75 Å². The van der Waals surface area contributed by atoms with Crippen molar-refractivity contribution in [2.24, 2.45) is 0 Å². The zero-order valence-electron chi connectivity index (χ0n) is 10.9. The minimum atomic E-state index is -0.356. The molecule has 0 aliphatic carbocycles. The second-order valence-corrected chi connectivity index (χ2v) is 4.13. The molecule has 0 fully saturated rings. The van der Waals surface area contributed by atoms with Crippen molar-refractivity contribution in [2.75, 3.05) is 20.2 Å². The van der Waals surface area contributed by atoms with Crippen LogP contribution in [0.1, 0.15) is 0 Å². The van der Waals surface area contributed by atoms with E-state index in [0.717, 1.165) is 0 Å². The van der Waals surface area contributed by atoms with E-state index < -0.39 is 0 Å². The topological polar surface area (TPSA) is 73.1 Å². The van der Waals surface area contributed by atoms with E-state index in [2.05, 4.69) is 15.5 Å². The highest BCUT2D eigenvalue weighted by atomic mass is 19.1. The lowest BCUT2D eigenvalue weighted by atomic mass is 10.3. The number of benzene rings is 1. The van der Waals surface area contributed by atoms with Gasteiger partial charge in [0, 0.05) is 13.1 Å². The van der Waals surface area contributed by atoms with Crippen molar-refractivity contribution in [2.45, 2.75) is 6.54 Å². The summed E-state index contributed by atoms with van der Waals surface area (Å²) in [6.07, 6.45) is 1.37. The molecule has 0 atom stereocenters. The number of nitrogens with zero attached hydrogens (tertiary/aromatic N) is 5. The monoisotopic (exact) mass is 279 g/mol. The van der Waals surface area contributed by atoms with Gasteiger partial charge >= 0.3 is 0 Å². The predicted molar refractivity (Wildman–Crippen MR) is 67.3 cm³/mol. The molecule has 1 aromatic carbocycles. The van der Waals surface area contributed by atoms with Crippen molar-refractivity contribution in [1.82, 2.24) is 25.1 Å². The SMILES string of the molecule is CN(CCOc1cccc(F)c1)C(=O)Cn1cnnn1. The van der Waals surface area contributed by atoms with Crippen LogP contribution >= 0.6 is 0 Å².